The van der Waals surface area contributed by atoms with Gasteiger partial charge in [-0.15, -0.1) is 11.6 Å². The molecule has 0 saturated carbocycles. The average molecular weight is 336 g/mol. The van der Waals surface area contributed by atoms with Gasteiger partial charge in [0.25, 0.3) is 0 Å². The van der Waals surface area contributed by atoms with E-state index in [1.165, 1.54) is 18.2 Å². The molecule has 1 aliphatic rings. The van der Waals surface area contributed by atoms with Crippen LogP contribution in [0.3, 0.4) is 0 Å². The van der Waals surface area contributed by atoms with Gasteiger partial charge in [0.2, 0.25) is 0 Å². The lowest BCUT2D eigenvalue weighted by molar-refractivity contribution is 0.184. The molecule has 2 aromatic carbocycles. The van der Waals surface area contributed by atoms with Crippen molar-refractivity contribution in [1.29, 1.82) is 0 Å². The molecule has 0 aliphatic carbocycles. The lowest BCUT2D eigenvalue weighted by atomic mass is 9.77. The summed E-state index contributed by atoms with van der Waals surface area (Å²) in [5.74, 6) is -0.123. The zero-order valence-electron chi connectivity index (χ0n) is 13.1. The van der Waals surface area contributed by atoms with E-state index >= 15 is 0 Å². The number of hydrogen-bond donors (Lipinski definition) is 0. The van der Waals surface area contributed by atoms with Gasteiger partial charge in [0, 0.05) is 12.5 Å². The van der Waals surface area contributed by atoms with Gasteiger partial charge >= 0.3 is 0 Å². The number of alkyl halides is 1. The smallest absolute Gasteiger partial charge is 0.123 e. The Bertz CT molecular complexity index is 659. The van der Waals surface area contributed by atoms with Gasteiger partial charge in [-0.05, 0) is 61.3 Å². The van der Waals surface area contributed by atoms with Crippen molar-refractivity contribution in [3.8, 4) is 0 Å². The maximum atomic E-state index is 13.6. The van der Waals surface area contributed by atoms with Crippen molar-refractivity contribution in [2.45, 2.75) is 17.7 Å². The molecular formula is C19H20ClF2N. The molecule has 4 heteroatoms. The minimum atomic E-state index is -0.261. The van der Waals surface area contributed by atoms with E-state index in [1.807, 2.05) is 6.07 Å². The summed E-state index contributed by atoms with van der Waals surface area (Å²) in [4.78, 5) is 2.25. The number of nitrogens with zero attached hydrogens (tertiary/aromatic N) is 1. The minimum absolute atomic E-state index is 0.164. The quantitative estimate of drug-likeness (QED) is 0.715. The normalized spacial score (nSPS) is 23.7. The fourth-order valence-electron chi connectivity index (χ4n) is 3.47. The summed E-state index contributed by atoms with van der Waals surface area (Å²) in [6.07, 6.45) is 0.934. The molecule has 0 N–H and O–H groups in total. The van der Waals surface area contributed by atoms with Gasteiger partial charge in [-0.1, -0.05) is 24.3 Å². The molecular weight excluding hydrogens is 316 g/mol. The highest BCUT2D eigenvalue weighted by Gasteiger charge is 2.34. The van der Waals surface area contributed by atoms with E-state index in [1.54, 1.807) is 24.3 Å². The van der Waals surface area contributed by atoms with Crippen LogP contribution in [0, 0.1) is 17.6 Å². The summed E-state index contributed by atoms with van der Waals surface area (Å²) in [5, 5.41) is -0.211. The second-order valence-electron chi connectivity index (χ2n) is 6.33. The van der Waals surface area contributed by atoms with Crippen LogP contribution in [-0.4, -0.2) is 25.0 Å². The summed E-state index contributed by atoms with van der Waals surface area (Å²) in [6.45, 7) is 1.80. The van der Waals surface area contributed by atoms with Crippen LogP contribution in [0.1, 0.15) is 28.8 Å². The van der Waals surface area contributed by atoms with Crippen LogP contribution in [0.2, 0.25) is 0 Å². The molecule has 3 atom stereocenters. The van der Waals surface area contributed by atoms with Crippen molar-refractivity contribution >= 4 is 11.6 Å². The Labute approximate surface area is 140 Å². The van der Waals surface area contributed by atoms with Gasteiger partial charge in [0.1, 0.15) is 11.6 Å². The number of piperidine rings is 1. The molecule has 1 saturated heterocycles. The minimum Gasteiger partial charge on any atom is -0.306 e. The monoisotopic (exact) mass is 335 g/mol. The van der Waals surface area contributed by atoms with Crippen molar-refractivity contribution < 1.29 is 8.78 Å². The van der Waals surface area contributed by atoms with Crippen LogP contribution in [0.5, 0.6) is 0 Å². The highest BCUT2D eigenvalue weighted by Crippen LogP contribution is 2.43. The van der Waals surface area contributed by atoms with Crippen LogP contribution in [0.25, 0.3) is 0 Å². The fourth-order valence-corrected chi connectivity index (χ4v) is 3.91. The summed E-state index contributed by atoms with van der Waals surface area (Å²) in [7, 11) is 2.07. The standard InChI is InChI=1S/C19H20ClF2N/c1-23-10-9-17(19(20)13-5-7-15(21)8-6-13)18(12-23)14-3-2-4-16(22)11-14/h2-8,11,17-19H,9-10,12H2,1H3/t17-,18+,19?/m0/s1. The Morgan fingerprint density at radius 3 is 2.52 bits per heavy atom. The van der Waals surface area contributed by atoms with Crippen molar-refractivity contribution in [1.82, 2.24) is 4.90 Å². The Kier molecular flexibility index (Phi) is 4.98. The van der Waals surface area contributed by atoms with Gasteiger partial charge in [0.05, 0.1) is 5.38 Å². The summed E-state index contributed by atoms with van der Waals surface area (Å²) in [6, 6.07) is 13.1. The van der Waals surface area contributed by atoms with Crippen molar-refractivity contribution in [2.24, 2.45) is 5.92 Å². The molecule has 1 aliphatic heterocycles. The van der Waals surface area contributed by atoms with E-state index in [4.69, 9.17) is 11.6 Å². The lowest BCUT2D eigenvalue weighted by Crippen LogP contribution is -2.38. The molecule has 1 fully saturated rings. The highest BCUT2D eigenvalue weighted by atomic mass is 35.5. The highest BCUT2D eigenvalue weighted by molar-refractivity contribution is 6.21. The Morgan fingerprint density at radius 1 is 1.09 bits per heavy atom. The van der Waals surface area contributed by atoms with Crippen molar-refractivity contribution in [3.63, 3.8) is 0 Å². The second kappa shape index (κ2) is 6.98. The van der Waals surface area contributed by atoms with E-state index in [-0.39, 0.29) is 28.8 Å². The van der Waals surface area contributed by atoms with Crippen molar-refractivity contribution in [3.05, 3.63) is 71.3 Å². The van der Waals surface area contributed by atoms with E-state index < -0.39 is 0 Å². The van der Waals surface area contributed by atoms with E-state index in [0.717, 1.165) is 30.6 Å². The molecule has 0 amide bonds. The third-order valence-electron chi connectivity index (χ3n) is 4.71. The zero-order chi connectivity index (χ0) is 16.4. The van der Waals surface area contributed by atoms with E-state index in [0.29, 0.717) is 0 Å². The number of hydrogen-bond acceptors (Lipinski definition) is 1. The number of benzene rings is 2. The summed E-state index contributed by atoms with van der Waals surface area (Å²) >= 11 is 6.73. The first kappa shape index (κ1) is 16.4. The predicted octanol–water partition coefficient (Wildman–Crippen LogP) is 4.98. The molecule has 1 heterocycles. The van der Waals surface area contributed by atoms with Gasteiger partial charge in [0.15, 0.2) is 0 Å². The first-order chi connectivity index (χ1) is 11.0. The SMILES string of the molecule is CN1CC[C@H](C(Cl)c2ccc(F)cc2)[C@@H](c2cccc(F)c2)C1. The molecule has 3 rings (SSSR count). The first-order valence-electron chi connectivity index (χ1n) is 7.88. The van der Waals surface area contributed by atoms with Gasteiger partial charge < -0.3 is 4.90 Å². The lowest BCUT2D eigenvalue weighted by Gasteiger charge is -2.39. The van der Waals surface area contributed by atoms with Crippen molar-refractivity contribution in [2.75, 3.05) is 20.1 Å². The van der Waals surface area contributed by atoms with Crippen LogP contribution in [-0.2, 0) is 0 Å². The van der Waals surface area contributed by atoms with Gasteiger partial charge in [-0.3, -0.25) is 0 Å². The van der Waals surface area contributed by atoms with Crippen LogP contribution in [0.15, 0.2) is 48.5 Å². The zero-order valence-corrected chi connectivity index (χ0v) is 13.8. The maximum Gasteiger partial charge on any atom is 0.123 e. The topological polar surface area (TPSA) is 3.24 Å². The number of likely N-dealkylation sites (tertiary alicyclic amines) is 1. The molecule has 2 aromatic rings. The molecule has 1 unspecified atom stereocenters. The second-order valence-corrected chi connectivity index (χ2v) is 6.80. The molecule has 23 heavy (non-hydrogen) atoms. The predicted molar refractivity (Wildman–Crippen MR) is 89.7 cm³/mol. The third-order valence-corrected chi connectivity index (χ3v) is 5.29. The molecule has 0 bridgehead atoms. The molecule has 0 spiro atoms. The number of rotatable bonds is 3. The molecule has 0 aromatic heterocycles. The summed E-state index contributed by atoms with van der Waals surface area (Å²) < 4.78 is 26.8. The van der Waals surface area contributed by atoms with Gasteiger partial charge in [-0.25, -0.2) is 8.78 Å². The van der Waals surface area contributed by atoms with Crippen LogP contribution < -0.4 is 0 Å². The van der Waals surface area contributed by atoms with E-state index in [9.17, 15) is 8.78 Å². The Hall–Kier alpha value is -1.45. The number of halogens is 3. The third kappa shape index (κ3) is 3.73. The maximum absolute atomic E-state index is 13.6. The van der Waals surface area contributed by atoms with Crippen LogP contribution >= 0.6 is 11.6 Å². The van der Waals surface area contributed by atoms with Gasteiger partial charge in [-0.2, -0.15) is 0 Å². The molecule has 0 radical (unpaired) electrons. The average Bonchev–Trinajstić information content (AvgIpc) is 2.55. The Balaban J connectivity index is 1.89. The fraction of sp³-hybridized carbons (Fsp3) is 0.368. The Morgan fingerprint density at radius 2 is 1.83 bits per heavy atom. The number of likely N-dealkylation sites (N-methyl/N-ethyl adjacent to an activating group) is 1. The van der Waals surface area contributed by atoms with Crippen LogP contribution in [0.4, 0.5) is 8.78 Å². The largest absolute Gasteiger partial charge is 0.306 e. The molecule has 122 valence electrons. The van der Waals surface area contributed by atoms with E-state index in [2.05, 4.69) is 11.9 Å². The molecule has 1 nitrogen and oxygen atoms in total. The summed E-state index contributed by atoms with van der Waals surface area (Å²) in [5.41, 5.74) is 1.90. The first-order valence-corrected chi connectivity index (χ1v) is 8.32.